The van der Waals surface area contributed by atoms with Crippen LogP contribution in [0, 0.1) is 0 Å². The summed E-state index contributed by atoms with van der Waals surface area (Å²) in [6.07, 6.45) is -0.237. The monoisotopic (exact) mass is 309 g/mol. The van der Waals surface area contributed by atoms with E-state index in [1.165, 1.54) is 0 Å². The Labute approximate surface area is 129 Å². The van der Waals surface area contributed by atoms with Crippen LogP contribution < -0.4 is 5.73 Å². The van der Waals surface area contributed by atoms with Crippen LogP contribution in [0.3, 0.4) is 0 Å². The molecule has 2 nitrogen and oxygen atoms in total. The van der Waals surface area contributed by atoms with Crippen LogP contribution in [0.2, 0.25) is 10.0 Å². The van der Waals surface area contributed by atoms with Crippen LogP contribution >= 0.6 is 23.2 Å². The summed E-state index contributed by atoms with van der Waals surface area (Å²) in [7, 11) is 0. The van der Waals surface area contributed by atoms with Crippen molar-refractivity contribution in [2.75, 3.05) is 0 Å². The first kappa shape index (κ1) is 15.3. The third-order valence-corrected chi connectivity index (χ3v) is 3.63. The van der Waals surface area contributed by atoms with Gasteiger partial charge in [-0.25, -0.2) is 0 Å². The average molecular weight is 310 g/mol. The van der Waals surface area contributed by atoms with Crippen molar-refractivity contribution in [3.05, 3.63) is 69.7 Å². The molecule has 0 amide bonds. The van der Waals surface area contributed by atoms with Crippen LogP contribution in [-0.2, 0) is 11.3 Å². The van der Waals surface area contributed by atoms with Crippen molar-refractivity contribution in [1.82, 2.24) is 0 Å². The molecular formula is C16H17Cl2NO. The molecule has 2 unspecified atom stereocenters. The molecule has 0 aliphatic heterocycles. The highest BCUT2D eigenvalue weighted by Gasteiger charge is 2.19. The topological polar surface area (TPSA) is 35.2 Å². The fourth-order valence-corrected chi connectivity index (χ4v) is 2.37. The smallest absolute Gasteiger partial charge is 0.0991 e. The van der Waals surface area contributed by atoms with Gasteiger partial charge in [0.25, 0.3) is 0 Å². The highest BCUT2D eigenvalue weighted by atomic mass is 35.5. The van der Waals surface area contributed by atoms with Crippen molar-refractivity contribution < 1.29 is 4.74 Å². The fraction of sp³-hybridized carbons (Fsp3) is 0.250. The van der Waals surface area contributed by atoms with E-state index in [9.17, 15) is 0 Å². The second-order valence-electron chi connectivity index (χ2n) is 4.74. The predicted molar refractivity (Wildman–Crippen MR) is 84.1 cm³/mol. The molecular weight excluding hydrogens is 293 g/mol. The van der Waals surface area contributed by atoms with Crippen molar-refractivity contribution in [2.45, 2.75) is 25.7 Å². The second-order valence-corrected chi connectivity index (χ2v) is 5.58. The van der Waals surface area contributed by atoms with Gasteiger partial charge in [0.2, 0.25) is 0 Å². The molecule has 0 saturated carbocycles. The number of benzene rings is 2. The van der Waals surface area contributed by atoms with E-state index in [0.29, 0.717) is 16.7 Å². The molecule has 2 atom stereocenters. The molecule has 0 saturated heterocycles. The summed E-state index contributed by atoms with van der Waals surface area (Å²) in [5.41, 5.74) is 7.98. The van der Waals surface area contributed by atoms with E-state index in [1.807, 2.05) is 55.5 Å². The third kappa shape index (κ3) is 3.97. The van der Waals surface area contributed by atoms with Gasteiger partial charge < -0.3 is 10.5 Å². The molecule has 106 valence electrons. The molecule has 0 aliphatic rings. The summed E-state index contributed by atoms with van der Waals surface area (Å²) >= 11 is 12.1. The van der Waals surface area contributed by atoms with Gasteiger partial charge in [-0.05, 0) is 30.7 Å². The van der Waals surface area contributed by atoms with Gasteiger partial charge in [0.15, 0.2) is 0 Å². The summed E-state index contributed by atoms with van der Waals surface area (Å²) in [4.78, 5) is 0. The Bertz CT molecular complexity index is 555. The Morgan fingerprint density at radius 1 is 1.05 bits per heavy atom. The molecule has 2 aromatic rings. The van der Waals surface area contributed by atoms with E-state index in [1.54, 1.807) is 0 Å². The molecule has 2 N–H and O–H groups in total. The van der Waals surface area contributed by atoms with Crippen molar-refractivity contribution >= 4 is 23.2 Å². The SMILES string of the molecule is CC(N)C(OCc1ccc(Cl)cc1)c1ccccc1Cl. The molecule has 4 heteroatoms. The highest BCUT2D eigenvalue weighted by Crippen LogP contribution is 2.28. The van der Waals surface area contributed by atoms with Crippen molar-refractivity contribution in [3.63, 3.8) is 0 Å². The largest absolute Gasteiger partial charge is 0.367 e. The normalized spacial score (nSPS) is 14.0. The molecule has 0 heterocycles. The predicted octanol–water partition coefficient (Wildman–Crippen LogP) is 4.60. The third-order valence-electron chi connectivity index (χ3n) is 3.03. The Morgan fingerprint density at radius 2 is 1.70 bits per heavy atom. The lowest BCUT2D eigenvalue weighted by molar-refractivity contribution is 0.0259. The van der Waals surface area contributed by atoms with Gasteiger partial charge in [0.05, 0.1) is 12.7 Å². The van der Waals surface area contributed by atoms with E-state index in [2.05, 4.69) is 0 Å². The number of rotatable bonds is 5. The quantitative estimate of drug-likeness (QED) is 0.876. The number of ether oxygens (including phenoxy) is 1. The fourth-order valence-electron chi connectivity index (χ4n) is 2.00. The van der Waals surface area contributed by atoms with E-state index in [0.717, 1.165) is 11.1 Å². The maximum Gasteiger partial charge on any atom is 0.0991 e. The summed E-state index contributed by atoms with van der Waals surface area (Å²) in [5, 5.41) is 1.38. The number of halogens is 2. The first-order valence-electron chi connectivity index (χ1n) is 6.44. The summed E-state index contributed by atoms with van der Waals surface area (Å²) in [5.74, 6) is 0. The average Bonchev–Trinajstić information content (AvgIpc) is 2.42. The lowest BCUT2D eigenvalue weighted by Crippen LogP contribution is -2.27. The van der Waals surface area contributed by atoms with Crippen LogP contribution in [0.1, 0.15) is 24.2 Å². The molecule has 0 aromatic heterocycles. The number of nitrogens with two attached hydrogens (primary N) is 1. The molecule has 0 spiro atoms. The minimum absolute atomic E-state index is 0.151. The van der Waals surface area contributed by atoms with Crippen molar-refractivity contribution in [2.24, 2.45) is 5.73 Å². The van der Waals surface area contributed by atoms with Crippen LogP contribution in [0.15, 0.2) is 48.5 Å². The van der Waals surface area contributed by atoms with E-state index in [-0.39, 0.29) is 12.1 Å². The van der Waals surface area contributed by atoms with Gasteiger partial charge in [-0.3, -0.25) is 0 Å². The van der Waals surface area contributed by atoms with Gasteiger partial charge in [0, 0.05) is 21.7 Å². The van der Waals surface area contributed by atoms with Gasteiger partial charge in [-0.2, -0.15) is 0 Å². The second kappa shape index (κ2) is 7.09. The number of hydrogen-bond acceptors (Lipinski definition) is 2. The van der Waals surface area contributed by atoms with E-state index in [4.69, 9.17) is 33.7 Å². The molecule has 2 aromatic carbocycles. The van der Waals surface area contributed by atoms with Gasteiger partial charge in [0.1, 0.15) is 0 Å². The van der Waals surface area contributed by atoms with Gasteiger partial charge in [-0.15, -0.1) is 0 Å². The summed E-state index contributed by atoms with van der Waals surface area (Å²) in [6.45, 7) is 2.38. The van der Waals surface area contributed by atoms with Crippen molar-refractivity contribution in [1.29, 1.82) is 0 Å². The van der Waals surface area contributed by atoms with Gasteiger partial charge in [-0.1, -0.05) is 53.5 Å². The van der Waals surface area contributed by atoms with Crippen LogP contribution in [0.4, 0.5) is 0 Å². The lowest BCUT2D eigenvalue weighted by Gasteiger charge is -2.23. The summed E-state index contributed by atoms with van der Waals surface area (Å²) in [6, 6.07) is 15.0. The molecule has 0 fully saturated rings. The first-order chi connectivity index (χ1) is 9.58. The lowest BCUT2D eigenvalue weighted by atomic mass is 10.0. The highest BCUT2D eigenvalue weighted by molar-refractivity contribution is 6.31. The van der Waals surface area contributed by atoms with Crippen molar-refractivity contribution in [3.8, 4) is 0 Å². The maximum absolute atomic E-state index is 6.21. The number of hydrogen-bond donors (Lipinski definition) is 1. The molecule has 0 aliphatic carbocycles. The molecule has 2 rings (SSSR count). The Balaban J connectivity index is 2.11. The van der Waals surface area contributed by atoms with Gasteiger partial charge >= 0.3 is 0 Å². The zero-order chi connectivity index (χ0) is 14.5. The van der Waals surface area contributed by atoms with Crippen LogP contribution in [0.25, 0.3) is 0 Å². The Morgan fingerprint density at radius 3 is 2.30 bits per heavy atom. The molecule has 0 radical (unpaired) electrons. The zero-order valence-corrected chi connectivity index (χ0v) is 12.7. The standard InChI is InChI=1S/C16H17Cl2NO/c1-11(19)16(14-4-2-3-5-15(14)18)20-10-12-6-8-13(17)9-7-12/h2-9,11,16H,10,19H2,1H3. The maximum atomic E-state index is 6.21. The zero-order valence-electron chi connectivity index (χ0n) is 11.2. The Hall–Kier alpha value is -1.06. The first-order valence-corrected chi connectivity index (χ1v) is 7.19. The van der Waals surface area contributed by atoms with Crippen LogP contribution in [-0.4, -0.2) is 6.04 Å². The minimum atomic E-state index is -0.237. The van der Waals surface area contributed by atoms with Crippen LogP contribution in [0.5, 0.6) is 0 Å². The molecule has 20 heavy (non-hydrogen) atoms. The molecule has 0 bridgehead atoms. The Kier molecular flexibility index (Phi) is 5.44. The van der Waals surface area contributed by atoms with E-state index >= 15 is 0 Å². The summed E-state index contributed by atoms with van der Waals surface area (Å²) < 4.78 is 5.94. The minimum Gasteiger partial charge on any atom is -0.367 e. The van der Waals surface area contributed by atoms with E-state index < -0.39 is 0 Å².